The lowest BCUT2D eigenvalue weighted by atomic mass is 9.95. The van der Waals surface area contributed by atoms with Gasteiger partial charge in [-0.3, -0.25) is 0 Å². The number of rotatable bonds is 11. The summed E-state index contributed by atoms with van der Waals surface area (Å²) in [5, 5.41) is 6.12. The number of aromatic nitrogens is 1. The number of anilines is 1. The van der Waals surface area contributed by atoms with Gasteiger partial charge in [-0.05, 0) is 84.3 Å². The molecule has 0 radical (unpaired) electrons. The predicted octanol–water partition coefficient (Wildman–Crippen LogP) is 14.8. The lowest BCUT2D eigenvalue weighted by molar-refractivity contribution is 0.717. The van der Waals surface area contributed by atoms with E-state index in [1.165, 1.54) is 27.4 Å². The minimum atomic E-state index is 0.0171. The molecule has 0 saturated heterocycles. The second kappa shape index (κ2) is 19.5. The number of hydrogen-bond donors (Lipinski definition) is 1. The Morgan fingerprint density at radius 2 is 1.35 bits per heavy atom. The molecular formula is C59H50N4. The average Bonchev–Trinajstić information content (AvgIpc) is 3.80. The topological polar surface area (TPSA) is 32.6 Å². The van der Waals surface area contributed by atoms with Crippen molar-refractivity contribution < 1.29 is 0 Å². The first-order valence-corrected chi connectivity index (χ1v) is 21.2. The highest BCUT2D eigenvalue weighted by Gasteiger charge is 2.32. The van der Waals surface area contributed by atoms with E-state index in [0.717, 1.165) is 62.8 Å². The fourth-order valence-electron chi connectivity index (χ4n) is 8.19. The van der Waals surface area contributed by atoms with Gasteiger partial charge in [-0.15, -0.1) is 5.73 Å². The SMILES string of the molecule is C=C/C=C\C=C1/CC2=C(C(c3cccc4c3c3ccccc3n4-c3ccccc3)=C=CC=C2)N1c1ccc(C(=NC(=C)c2ccccc2)NC(C)c2ccccc2)cc1.C=CC=C. The first kappa shape index (κ1) is 41.6. The van der Waals surface area contributed by atoms with Crippen molar-refractivity contribution in [2.45, 2.75) is 19.4 Å². The second-order valence-corrected chi connectivity index (χ2v) is 15.2. The van der Waals surface area contributed by atoms with E-state index in [1.54, 1.807) is 12.2 Å². The van der Waals surface area contributed by atoms with Crippen molar-refractivity contribution in [2.24, 2.45) is 4.99 Å². The minimum absolute atomic E-state index is 0.0171. The molecule has 1 atom stereocenters. The molecule has 0 saturated carbocycles. The van der Waals surface area contributed by atoms with E-state index in [2.05, 4.69) is 199 Å². The Morgan fingerprint density at radius 3 is 2.06 bits per heavy atom. The van der Waals surface area contributed by atoms with E-state index in [-0.39, 0.29) is 6.04 Å². The Labute approximate surface area is 371 Å². The fraction of sp³-hybridized carbons (Fsp3) is 0.0508. The number of benzene rings is 6. The summed E-state index contributed by atoms with van der Waals surface area (Å²) >= 11 is 0. The first-order valence-electron chi connectivity index (χ1n) is 21.2. The van der Waals surface area contributed by atoms with Crippen LogP contribution in [-0.4, -0.2) is 10.4 Å². The maximum atomic E-state index is 5.11. The van der Waals surface area contributed by atoms with Crippen LogP contribution in [0.4, 0.5) is 5.69 Å². The van der Waals surface area contributed by atoms with Gasteiger partial charge in [0, 0.05) is 57.0 Å². The van der Waals surface area contributed by atoms with Crippen molar-refractivity contribution in [3.8, 4) is 5.69 Å². The third-order valence-corrected chi connectivity index (χ3v) is 11.1. The fourth-order valence-corrected chi connectivity index (χ4v) is 8.19. The lowest BCUT2D eigenvalue weighted by Gasteiger charge is -2.26. The Balaban J connectivity index is 0.00000131. The second-order valence-electron chi connectivity index (χ2n) is 15.2. The third-order valence-electron chi connectivity index (χ3n) is 11.1. The van der Waals surface area contributed by atoms with Gasteiger partial charge in [0.1, 0.15) is 5.84 Å². The molecule has 4 nitrogen and oxygen atoms in total. The van der Waals surface area contributed by atoms with Crippen LogP contribution in [0, 0.1) is 0 Å². The summed E-state index contributed by atoms with van der Waals surface area (Å²) < 4.78 is 2.37. The molecule has 2 aliphatic rings. The number of nitrogens with one attached hydrogen (secondary N) is 1. The molecule has 1 aliphatic heterocycles. The molecule has 9 rings (SSSR count). The monoisotopic (exact) mass is 814 g/mol. The highest BCUT2D eigenvalue weighted by Crippen LogP contribution is 2.46. The number of nitrogens with zero attached hydrogens (tertiary/aromatic N) is 3. The van der Waals surface area contributed by atoms with Gasteiger partial charge >= 0.3 is 0 Å². The molecule has 1 N–H and O–H groups in total. The number of fused-ring (bicyclic) bond motifs is 3. The zero-order valence-electron chi connectivity index (χ0n) is 35.7. The van der Waals surface area contributed by atoms with E-state index in [0.29, 0.717) is 5.70 Å². The van der Waals surface area contributed by atoms with Crippen molar-refractivity contribution in [2.75, 3.05) is 4.90 Å². The molecule has 7 aromatic rings. The van der Waals surface area contributed by atoms with Crippen LogP contribution in [0.15, 0.2) is 266 Å². The van der Waals surface area contributed by atoms with E-state index >= 15 is 0 Å². The van der Waals surface area contributed by atoms with Crippen LogP contribution in [0.25, 0.3) is 38.8 Å². The van der Waals surface area contributed by atoms with Crippen molar-refractivity contribution in [3.05, 3.63) is 284 Å². The number of hydrogen-bond acceptors (Lipinski definition) is 2. The molecule has 6 aromatic carbocycles. The summed E-state index contributed by atoms with van der Waals surface area (Å²) in [4.78, 5) is 7.51. The predicted molar refractivity (Wildman–Crippen MR) is 270 cm³/mol. The molecule has 1 aliphatic carbocycles. The summed E-state index contributed by atoms with van der Waals surface area (Å²) in [7, 11) is 0. The zero-order chi connectivity index (χ0) is 43.5. The van der Waals surface area contributed by atoms with Gasteiger partial charge in [0.05, 0.1) is 22.4 Å². The maximum absolute atomic E-state index is 5.11. The zero-order valence-corrected chi connectivity index (χ0v) is 35.7. The quantitative estimate of drug-likeness (QED) is 0.0611. The molecule has 0 fully saturated rings. The number of amidine groups is 1. The average molecular weight is 815 g/mol. The van der Waals surface area contributed by atoms with Crippen LogP contribution in [0.3, 0.4) is 0 Å². The van der Waals surface area contributed by atoms with Crippen molar-refractivity contribution in [1.82, 2.24) is 9.88 Å². The highest BCUT2D eigenvalue weighted by atomic mass is 15.2. The Kier molecular flexibility index (Phi) is 12.8. The van der Waals surface area contributed by atoms with Crippen molar-refractivity contribution in [3.63, 3.8) is 0 Å². The van der Waals surface area contributed by atoms with Crippen molar-refractivity contribution >= 4 is 44.6 Å². The summed E-state index contributed by atoms with van der Waals surface area (Å²) in [5.74, 6) is 0.759. The number of aliphatic imine (C=N–C) groups is 1. The summed E-state index contributed by atoms with van der Waals surface area (Å²) in [6, 6.07) is 55.3. The summed E-state index contributed by atoms with van der Waals surface area (Å²) in [6.07, 6.45) is 18.5. The van der Waals surface area contributed by atoms with Crippen molar-refractivity contribution in [1.29, 1.82) is 0 Å². The maximum Gasteiger partial charge on any atom is 0.134 e. The van der Waals surface area contributed by atoms with E-state index in [1.807, 2.05) is 54.6 Å². The summed E-state index contributed by atoms with van der Waals surface area (Å²) in [5.41, 5.74) is 17.8. The van der Waals surface area contributed by atoms with Gasteiger partial charge in [-0.2, -0.15) is 0 Å². The smallest absolute Gasteiger partial charge is 0.134 e. The standard InChI is InChI=1S/C55H44N4.C4H6/c1-4-5-9-28-47-38-44-25-16-17-29-49(48-31-20-33-52-53(48)50-30-18-19-32-51(50)59(52)45-26-14-8-15-27-45)54(44)58(47)46-36-34-43(35-37-46)55(56-39(2)41-21-10-6-11-22-41)57-40(3)42-23-12-7-13-24-42;1-3-4-2/h4-28,30-37,40H,1-2,38H2,3H3,(H,56,57);3-4H,1-2H2/b9-5-,47-28+;. The van der Waals surface area contributed by atoms with E-state index in [9.17, 15) is 0 Å². The molecule has 0 amide bonds. The molecule has 63 heavy (non-hydrogen) atoms. The van der Waals surface area contributed by atoms with E-state index in [4.69, 9.17) is 4.99 Å². The van der Waals surface area contributed by atoms with Gasteiger partial charge < -0.3 is 14.8 Å². The van der Waals surface area contributed by atoms with Crippen LogP contribution >= 0.6 is 0 Å². The normalized spacial score (nSPS) is 14.6. The largest absolute Gasteiger partial charge is 0.363 e. The number of para-hydroxylation sites is 2. The highest BCUT2D eigenvalue weighted by molar-refractivity contribution is 6.15. The van der Waals surface area contributed by atoms with Gasteiger partial charge in [-0.1, -0.05) is 178 Å². The molecule has 1 aromatic heterocycles. The molecule has 0 spiro atoms. The number of allylic oxidation sites excluding steroid dienone is 10. The van der Waals surface area contributed by atoms with Gasteiger partial charge in [-0.25, -0.2) is 4.99 Å². The van der Waals surface area contributed by atoms with Crippen LogP contribution < -0.4 is 10.2 Å². The molecule has 4 heteroatoms. The van der Waals surface area contributed by atoms with Gasteiger partial charge in [0.25, 0.3) is 0 Å². The van der Waals surface area contributed by atoms with Crippen LogP contribution in [-0.2, 0) is 0 Å². The third kappa shape index (κ3) is 8.85. The van der Waals surface area contributed by atoms with E-state index < -0.39 is 0 Å². The molecule has 0 bridgehead atoms. The minimum Gasteiger partial charge on any atom is -0.363 e. The van der Waals surface area contributed by atoms with Crippen LogP contribution in [0.2, 0.25) is 0 Å². The lowest BCUT2D eigenvalue weighted by Crippen LogP contribution is -2.28. The summed E-state index contributed by atoms with van der Waals surface area (Å²) in [6.45, 7) is 17.2. The molecule has 1 unspecified atom stereocenters. The Morgan fingerprint density at radius 1 is 0.683 bits per heavy atom. The Bertz CT molecular complexity index is 3030. The van der Waals surface area contributed by atoms with Gasteiger partial charge in [0.15, 0.2) is 0 Å². The van der Waals surface area contributed by atoms with Gasteiger partial charge in [0.2, 0.25) is 0 Å². The van der Waals surface area contributed by atoms with Crippen LogP contribution in [0.1, 0.15) is 41.6 Å². The van der Waals surface area contributed by atoms with Crippen LogP contribution in [0.5, 0.6) is 0 Å². The molecule has 2 heterocycles. The molecular weight excluding hydrogens is 765 g/mol. The Hall–Kier alpha value is -8.17. The first-order chi connectivity index (χ1) is 31.0. The molecule has 306 valence electrons.